The Hall–Kier alpha value is -10.1. The smallest absolute Gasteiger partial charge is 0.419 e. The van der Waals surface area contributed by atoms with Crippen LogP contribution in [0.1, 0.15) is 47.6 Å². The zero-order chi connectivity index (χ0) is 65.2. The molecule has 9 rings (SSSR count). The molecule has 0 radical (unpaired) electrons. The summed E-state index contributed by atoms with van der Waals surface area (Å²) in [6.07, 6.45) is -9.89. The fraction of sp³-hybridized carbons (Fsp3) is 0.298. The lowest BCUT2D eigenvalue weighted by Gasteiger charge is -2.19. The van der Waals surface area contributed by atoms with E-state index in [0.717, 1.165) is 41.5 Å². The molecule has 0 aliphatic carbocycles. The highest BCUT2D eigenvalue weighted by atomic mass is 32.2. The number of rotatable bonds is 18. The van der Waals surface area contributed by atoms with Gasteiger partial charge in [0, 0.05) is 50.9 Å². The van der Waals surface area contributed by atoms with E-state index in [4.69, 9.17) is 19.3 Å². The molecule has 32 heteroatoms. The summed E-state index contributed by atoms with van der Waals surface area (Å²) >= 11 is 0. The fourth-order valence-electron chi connectivity index (χ4n) is 8.57. The van der Waals surface area contributed by atoms with Gasteiger partial charge in [0.2, 0.25) is 0 Å². The number of imidazole rings is 3. The Morgan fingerprint density at radius 1 is 0.573 bits per heavy atom. The molecule has 0 saturated heterocycles. The maximum absolute atomic E-state index is 13.7. The van der Waals surface area contributed by atoms with E-state index < -0.39 is 76.1 Å². The van der Waals surface area contributed by atoms with Gasteiger partial charge in [0.15, 0.2) is 17.1 Å². The first-order valence-corrected chi connectivity index (χ1v) is 28.0. The van der Waals surface area contributed by atoms with E-state index in [1.807, 2.05) is 25.1 Å². The summed E-state index contributed by atoms with van der Waals surface area (Å²) in [4.78, 5) is 36.8. The summed E-state index contributed by atoms with van der Waals surface area (Å²) in [5.74, 6) is -1.14. The number of ether oxygens (including phenoxy) is 3. The Balaban J connectivity index is 0.000000190. The molecule has 9 aromatic rings. The van der Waals surface area contributed by atoms with Crippen LogP contribution in [-0.4, -0.2) is 127 Å². The van der Waals surface area contributed by atoms with Gasteiger partial charge >= 0.3 is 24.6 Å². The van der Waals surface area contributed by atoms with Crippen molar-refractivity contribution in [3.63, 3.8) is 0 Å². The van der Waals surface area contributed by atoms with Gasteiger partial charge in [-0.15, -0.1) is 0 Å². The number of aromatic nitrogens is 9. The van der Waals surface area contributed by atoms with Crippen molar-refractivity contribution in [2.24, 2.45) is 21.1 Å². The van der Waals surface area contributed by atoms with Crippen LogP contribution in [0.5, 0.6) is 17.2 Å². The Bertz CT molecular complexity index is 4320. The van der Waals surface area contributed by atoms with Gasteiger partial charge in [-0.25, -0.2) is 34.7 Å². The van der Waals surface area contributed by atoms with Crippen molar-refractivity contribution < 1.29 is 76.2 Å². The predicted molar refractivity (Wildman–Crippen MR) is 302 cm³/mol. The molecule has 0 bridgehead atoms. The highest BCUT2D eigenvalue weighted by Gasteiger charge is 2.37. The number of likely N-dealkylation sites (N-methyl/N-ethyl adjacent to an activating group) is 2. The molecule has 22 nitrogen and oxygen atoms in total. The number of aryl methyl sites for hydroxylation is 3. The molecule has 3 aromatic carbocycles. The van der Waals surface area contributed by atoms with Crippen molar-refractivity contribution >= 4 is 49.3 Å². The highest BCUT2D eigenvalue weighted by molar-refractivity contribution is 7.86. The normalized spacial score (nSPS) is 11.7. The number of pyridine rings is 3. The molecule has 0 spiro atoms. The number of nitrogens with zero attached hydrogens (tertiary/aromatic N) is 13. The van der Waals surface area contributed by atoms with Crippen LogP contribution in [0.15, 0.2) is 91.8 Å². The second-order valence-corrected chi connectivity index (χ2v) is 20.6. The summed E-state index contributed by atoms with van der Waals surface area (Å²) in [6.45, 7) is 3.84. The van der Waals surface area contributed by atoms with Crippen molar-refractivity contribution in [2.75, 3.05) is 58.9 Å². The molecule has 6 heterocycles. The number of carbonyl (C=O) groups is 1. The minimum absolute atomic E-state index is 0.00471. The average Bonchev–Trinajstić information content (AvgIpc) is 2.03. The highest BCUT2D eigenvalue weighted by Crippen LogP contribution is 2.42. The van der Waals surface area contributed by atoms with E-state index >= 15 is 0 Å². The Morgan fingerprint density at radius 3 is 1.22 bits per heavy atom. The largest absolute Gasteiger partial charge is 0.492 e. The van der Waals surface area contributed by atoms with Crippen LogP contribution < -0.4 is 19.5 Å². The Labute approximate surface area is 500 Å². The first kappa shape index (κ1) is 66.4. The monoisotopic (exact) mass is 1260 g/mol. The molecule has 2 N–H and O–H groups in total. The lowest BCUT2D eigenvalue weighted by Crippen LogP contribution is -2.33. The van der Waals surface area contributed by atoms with Gasteiger partial charge in [-0.2, -0.15) is 63.7 Å². The summed E-state index contributed by atoms with van der Waals surface area (Å²) in [6, 6.07) is 21.1. The predicted octanol–water partition coefficient (Wildman–Crippen LogP) is 10.3. The van der Waals surface area contributed by atoms with Crippen LogP contribution >= 0.6 is 0 Å². The van der Waals surface area contributed by atoms with Gasteiger partial charge in [0.05, 0.1) is 82.1 Å². The molecule has 6 aromatic heterocycles. The van der Waals surface area contributed by atoms with Gasteiger partial charge in [0.25, 0.3) is 10.1 Å². The average molecular weight is 1260 g/mol. The van der Waals surface area contributed by atoms with Crippen LogP contribution in [0.3, 0.4) is 0 Å². The van der Waals surface area contributed by atoms with Crippen LogP contribution in [0.25, 0.3) is 66.9 Å². The van der Waals surface area contributed by atoms with Crippen LogP contribution in [-0.2, 0) is 54.0 Å². The van der Waals surface area contributed by atoms with E-state index in [2.05, 4.69) is 39.4 Å². The first-order chi connectivity index (χ1) is 42.0. The van der Waals surface area contributed by atoms with Gasteiger partial charge in [-0.3, -0.25) is 4.18 Å². The lowest BCUT2D eigenvalue weighted by molar-refractivity contribution is -0.139. The zero-order valence-electron chi connectivity index (χ0n) is 47.7. The Morgan fingerprint density at radius 2 is 0.921 bits per heavy atom. The third-order valence-corrected chi connectivity index (χ3v) is 13.5. The molecule has 1 amide bonds. The number of hydrogen-bond acceptors (Lipinski definition) is 17. The molecule has 466 valence electrons. The minimum atomic E-state index is -4.74. The molecule has 89 heavy (non-hydrogen) atoms. The molecule has 0 unspecified atom stereocenters. The molecular weight excluding hydrogens is 1210 g/mol. The third kappa shape index (κ3) is 16.3. The fourth-order valence-corrected chi connectivity index (χ4v) is 8.94. The molecule has 0 atom stereocenters. The summed E-state index contributed by atoms with van der Waals surface area (Å²) in [5.41, 5.74) is 1.08. The van der Waals surface area contributed by atoms with Gasteiger partial charge in [0.1, 0.15) is 78.4 Å². The van der Waals surface area contributed by atoms with E-state index in [1.165, 1.54) is 43.2 Å². The van der Waals surface area contributed by atoms with E-state index in [1.54, 1.807) is 60.0 Å². The summed E-state index contributed by atoms with van der Waals surface area (Å²) in [5, 5.41) is 39.9. The van der Waals surface area contributed by atoms with Gasteiger partial charge in [-0.05, 0) is 86.3 Å². The number of hydrogen-bond donors (Lipinski definition) is 2. The molecular formula is C57H51F9N14O8S. The summed E-state index contributed by atoms with van der Waals surface area (Å²) < 4.78 is 169. The second-order valence-electron chi connectivity index (χ2n) is 19.0. The zero-order valence-corrected chi connectivity index (χ0v) is 48.6. The molecule has 0 aliphatic rings. The molecule has 0 fully saturated rings. The summed E-state index contributed by atoms with van der Waals surface area (Å²) in [7, 11) is 1.41. The van der Waals surface area contributed by atoms with Crippen LogP contribution in [0.4, 0.5) is 44.3 Å². The number of carboxylic acid groups (broad SMARTS) is 1. The van der Waals surface area contributed by atoms with Crippen LogP contribution in [0, 0.1) is 34.0 Å². The Kier molecular flexibility index (Phi) is 20.7. The maximum Gasteiger partial charge on any atom is 0.419 e. The molecule has 0 aliphatic heterocycles. The number of amides is 1. The molecule has 0 saturated carbocycles. The van der Waals surface area contributed by atoms with Crippen molar-refractivity contribution in [1.29, 1.82) is 15.8 Å². The van der Waals surface area contributed by atoms with Crippen molar-refractivity contribution in [3.05, 3.63) is 126 Å². The SMILES string of the molecule is CCN(CCOc1ccc(-c2cc3c(ncn3C)c(C#N)n2)cc1C(F)(F)F)C(=O)O.CCNCCOc1ccc(-c2cc3c(ncn3C)c(C#N)n2)cc1C(F)(F)F.Cn1cnc2c(C#N)nc(-c3ccc(OCCOS(C)(=O)=O)c(C(F)(F)F)c3)cc21. The number of nitrogens with one attached hydrogen (secondary N) is 1. The topological polar surface area (TPSA) is 287 Å². The van der Waals surface area contributed by atoms with Gasteiger partial charge < -0.3 is 43.2 Å². The second kappa shape index (κ2) is 27.7. The van der Waals surface area contributed by atoms with E-state index in [9.17, 15) is 68.5 Å². The van der Waals surface area contributed by atoms with E-state index in [0.29, 0.717) is 46.2 Å². The number of nitriles is 3. The lowest BCUT2D eigenvalue weighted by atomic mass is 10.1. The third-order valence-electron chi connectivity index (χ3n) is 12.9. The van der Waals surface area contributed by atoms with Crippen molar-refractivity contribution in [2.45, 2.75) is 32.4 Å². The van der Waals surface area contributed by atoms with E-state index in [-0.39, 0.29) is 82.9 Å². The number of fused-ring (bicyclic) bond motifs is 3. The number of benzene rings is 3. The first-order valence-electron chi connectivity index (χ1n) is 26.2. The van der Waals surface area contributed by atoms with Crippen molar-refractivity contribution in [3.8, 4) is 69.2 Å². The minimum Gasteiger partial charge on any atom is -0.492 e. The van der Waals surface area contributed by atoms with Crippen molar-refractivity contribution in [1.82, 2.24) is 53.8 Å². The van der Waals surface area contributed by atoms with Crippen LogP contribution in [0.2, 0.25) is 0 Å². The quantitative estimate of drug-likeness (QED) is 0.0458. The number of alkyl halides is 9. The number of halogens is 9. The maximum atomic E-state index is 13.7. The van der Waals surface area contributed by atoms with Gasteiger partial charge in [-0.1, -0.05) is 6.92 Å². The standard InChI is InChI=1S/C20H18F3N5O3.C19H18F3N5O.C18H15F3N4O4S/c1-3-28(19(29)30)6-7-31-17-5-4-12(8-13(17)20(21,22)23)14-9-16-18(15(10-24)26-14)25-11-27(16)2;1-3-24-6-7-28-17-5-4-12(8-13(17)19(20,21)22)14-9-16-18(15(10-23)26-14)25-11-27(16)2;1-25-10-23-17-14(9-22)24-13(8-15(17)25)11-3-4-16(12(7-11)18(19,20)21)28-5-6-29-30(2,26)27/h4-5,8-9,11H,3,6-7H2,1-2H3,(H,29,30);4-5,8-9,11,24H,3,6-7H2,1-2H3;3-4,7-8,10H,5-6H2,1-2H3.